The van der Waals surface area contributed by atoms with Crippen molar-refractivity contribution < 1.29 is 18.8 Å². The molecule has 1 aromatic carbocycles. The topological polar surface area (TPSA) is 105 Å². The highest BCUT2D eigenvalue weighted by atomic mass is 16.4. The molecule has 1 saturated heterocycles. The van der Waals surface area contributed by atoms with Crippen LogP contribution in [0.5, 0.6) is 0 Å². The highest BCUT2D eigenvalue weighted by Crippen LogP contribution is 2.24. The SMILES string of the molecule is Cc1cc(C)c2c(C)c(C(=O)NC3CCC(=O)NC3=O)c(=O)oc2c1. The van der Waals surface area contributed by atoms with Crippen molar-refractivity contribution in [3.05, 3.63) is 44.8 Å². The van der Waals surface area contributed by atoms with Gasteiger partial charge in [-0.2, -0.15) is 0 Å². The van der Waals surface area contributed by atoms with E-state index in [0.29, 0.717) is 16.5 Å². The standard InChI is InChI=1S/C18H18N2O5/c1-8-6-9(2)14-10(3)15(18(24)25-12(14)7-8)17(23)19-11-4-5-13(21)20-16(11)22/h6-7,11H,4-5H2,1-3H3,(H,19,23)(H,20,21,22). The van der Waals surface area contributed by atoms with Crippen LogP contribution in [0.2, 0.25) is 0 Å². The zero-order chi connectivity index (χ0) is 18.3. The zero-order valence-electron chi connectivity index (χ0n) is 14.2. The lowest BCUT2D eigenvalue weighted by molar-refractivity contribution is -0.134. The number of amides is 3. The first-order valence-electron chi connectivity index (χ1n) is 7.97. The average molecular weight is 342 g/mol. The molecule has 2 heterocycles. The van der Waals surface area contributed by atoms with E-state index in [1.807, 2.05) is 19.9 Å². The first-order valence-corrected chi connectivity index (χ1v) is 7.97. The maximum absolute atomic E-state index is 12.6. The van der Waals surface area contributed by atoms with Crippen LogP contribution in [0.3, 0.4) is 0 Å². The van der Waals surface area contributed by atoms with Crippen LogP contribution >= 0.6 is 0 Å². The van der Waals surface area contributed by atoms with Crippen molar-refractivity contribution in [2.24, 2.45) is 0 Å². The van der Waals surface area contributed by atoms with Crippen molar-refractivity contribution in [3.63, 3.8) is 0 Å². The fourth-order valence-corrected chi connectivity index (χ4v) is 3.24. The van der Waals surface area contributed by atoms with E-state index < -0.39 is 23.5 Å². The molecular weight excluding hydrogens is 324 g/mol. The molecule has 7 nitrogen and oxygen atoms in total. The summed E-state index contributed by atoms with van der Waals surface area (Å²) in [5.41, 5.74) is 1.91. The van der Waals surface area contributed by atoms with Crippen molar-refractivity contribution in [1.29, 1.82) is 0 Å². The summed E-state index contributed by atoms with van der Waals surface area (Å²) >= 11 is 0. The van der Waals surface area contributed by atoms with Gasteiger partial charge in [0.2, 0.25) is 11.8 Å². The lowest BCUT2D eigenvalue weighted by Gasteiger charge is -2.22. The molecule has 2 aromatic rings. The molecule has 1 unspecified atom stereocenters. The van der Waals surface area contributed by atoms with Crippen molar-refractivity contribution in [1.82, 2.24) is 10.6 Å². The normalized spacial score (nSPS) is 17.5. The predicted molar refractivity (Wildman–Crippen MR) is 90.3 cm³/mol. The van der Waals surface area contributed by atoms with Gasteiger partial charge in [0, 0.05) is 11.8 Å². The molecule has 1 aliphatic rings. The molecular formula is C18H18N2O5. The maximum atomic E-state index is 12.6. The summed E-state index contributed by atoms with van der Waals surface area (Å²) in [6.07, 6.45) is 0.340. The minimum Gasteiger partial charge on any atom is -0.422 e. The third kappa shape index (κ3) is 3.05. The molecule has 2 N–H and O–H groups in total. The fraction of sp³-hybridized carbons (Fsp3) is 0.333. The Bertz CT molecular complexity index is 974. The number of carbonyl (C=O) groups excluding carboxylic acids is 3. The number of imide groups is 1. The average Bonchev–Trinajstić information content (AvgIpc) is 2.48. The zero-order valence-corrected chi connectivity index (χ0v) is 14.2. The molecule has 3 amide bonds. The minimum atomic E-state index is -0.848. The summed E-state index contributed by atoms with van der Waals surface area (Å²) in [4.78, 5) is 47.9. The van der Waals surface area contributed by atoms with Crippen LogP contribution < -0.4 is 16.3 Å². The van der Waals surface area contributed by atoms with Crippen LogP contribution in [0, 0.1) is 20.8 Å². The number of benzene rings is 1. The summed E-state index contributed by atoms with van der Waals surface area (Å²) in [6, 6.07) is 2.84. The first kappa shape index (κ1) is 16.9. The molecule has 0 saturated carbocycles. The van der Waals surface area contributed by atoms with E-state index in [2.05, 4.69) is 10.6 Å². The highest BCUT2D eigenvalue weighted by molar-refractivity contribution is 6.05. The van der Waals surface area contributed by atoms with E-state index in [4.69, 9.17) is 4.42 Å². The van der Waals surface area contributed by atoms with Crippen LogP contribution in [0.25, 0.3) is 11.0 Å². The number of piperidine rings is 1. The van der Waals surface area contributed by atoms with Crippen LogP contribution in [-0.4, -0.2) is 23.8 Å². The number of hydrogen-bond donors (Lipinski definition) is 2. The largest absolute Gasteiger partial charge is 0.422 e. The van der Waals surface area contributed by atoms with Gasteiger partial charge in [-0.15, -0.1) is 0 Å². The van der Waals surface area contributed by atoms with Gasteiger partial charge in [0.1, 0.15) is 17.2 Å². The first-order chi connectivity index (χ1) is 11.8. The molecule has 1 atom stereocenters. The van der Waals surface area contributed by atoms with E-state index in [9.17, 15) is 19.2 Å². The lowest BCUT2D eigenvalue weighted by atomic mass is 9.99. The van der Waals surface area contributed by atoms with E-state index in [0.717, 1.165) is 11.1 Å². The van der Waals surface area contributed by atoms with Crippen molar-refractivity contribution >= 4 is 28.7 Å². The van der Waals surface area contributed by atoms with E-state index in [1.54, 1.807) is 13.0 Å². The summed E-state index contributed by atoms with van der Waals surface area (Å²) < 4.78 is 5.32. The summed E-state index contributed by atoms with van der Waals surface area (Å²) in [7, 11) is 0. The molecule has 3 rings (SSSR count). The highest BCUT2D eigenvalue weighted by Gasteiger charge is 2.30. The van der Waals surface area contributed by atoms with Gasteiger partial charge in [0.15, 0.2) is 0 Å². The number of hydrogen-bond acceptors (Lipinski definition) is 5. The van der Waals surface area contributed by atoms with Gasteiger partial charge in [-0.25, -0.2) is 4.79 Å². The second kappa shape index (κ2) is 6.16. The van der Waals surface area contributed by atoms with E-state index in [1.165, 1.54) is 0 Å². The summed E-state index contributed by atoms with van der Waals surface area (Å²) in [5.74, 6) is -1.62. The third-order valence-corrected chi connectivity index (χ3v) is 4.37. The second-order valence-electron chi connectivity index (χ2n) is 6.32. The van der Waals surface area contributed by atoms with Gasteiger partial charge >= 0.3 is 5.63 Å². The van der Waals surface area contributed by atoms with Crippen molar-refractivity contribution in [3.8, 4) is 0 Å². The Balaban J connectivity index is 2.01. The molecule has 0 bridgehead atoms. The second-order valence-corrected chi connectivity index (χ2v) is 6.32. The number of fused-ring (bicyclic) bond motifs is 1. The van der Waals surface area contributed by atoms with Crippen molar-refractivity contribution in [2.75, 3.05) is 0 Å². The molecule has 0 aliphatic carbocycles. The number of nitrogens with one attached hydrogen (secondary N) is 2. The Kier molecular flexibility index (Phi) is 4.16. The number of rotatable bonds is 2. The van der Waals surface area contributed by atoms with E-state index >= 15 is 0 Å². The van der Waals surface area contributed by atoms with Gasteiger partial charge in [-0.1, -0.05) is 6.07 Å². The van der Waals surface area contributed by atoms with Gasteiger partial charge in [-0.3, -0.25) is 19.7 Å². The van der Waals surface area contributed by atoms with Gasteiger partial charge in [0.25, 0.3) is 5.91 Å². The van der Waals surface area contributed by atoms with Gasteiger partial charge in [0.05, 0.1) is 0 Å². The Morgan fingerprint density at radius 3 is 2.60 bits per heavy atom. The molecule has 0 spiro atoms. The van der Waals surface area contributed by atoms with Crippen LogP contribution in [0.4, 0.5) is 0 Å². The van der Waals surface area contributed by atoms with Crippen LogP contribution in [0.15, 0.2) is 21.3 Å². The Labute approximate surface area is 143 Å². The molecule has 1 aliphatic heterocycles. The van der Waals surface area contributed by atoms with Crippen molar-refractivity contribution in [2.45, 2.75) is 39.7 Å². The fourth-order valence-electron chi connectivity index (χ4n) is 3.24. The number of aryl methyl sites for hydroxylation is 3. The van der Waals surface area contributed by atoms with Crippen LogP contribution in [-0.2, 0) is 9.59 Å². The monoisotopic (exact) mass is 342 g/mol. The predicted octanol–water partition coefficient (Wildman–Crippen LogP) is 1.25. The third-order valence-electron chi connectivity index (χ3n) is 4.37. The molecule has 130 valence electrons. The lowest BCUT2D eigenvalue weighted by Crippen LogP contribution is -2.52. The quantitative estimate of drug-likeness (QED) is 0.631. The van der Waals surface area contributed by atoms with E-state index in [-0.39, 0.29) is 24.3 Å². The molecule has 25 heavy (non-hydrogen) atoms. The molecule has 1 fully saturated rings. The Morgan fingerprint density at radius 1 is 1.20 bits per heavy atom. The maximum Gasteiger partial charge on any atom is 0.349 e. The number of carbonyl (C=O) groups is 3. The minimum absolute atomic E-state index is 0.121. The van der Waals surface area contributed by atoms with Gasteiger partial charge in [-0.05, 0) is 49.9 Å². The Morgan fingerprint density at radius 2 is 1.92 bits per heavy atom. The molecule has 1 aromatic heterocycles. The molecule has 7 heteroatoms. The summed E-state index contributed by atoms with van der Waals surface area (Å²) in [5, 5.41) is 5.39. The summed E-state index contributed by atoms with van der Waals surface area (Å²) in [6.45, 7) is 5.45. The van der Waals surface area contributed by atoms with Crippen LogP contribution in [0.1, 0.15) is 39.9 Å². The van der Waals surface area contributed by atoms with Gasteiger partial charge < -0.3 is 9.73 Å². The molecule has 0 radical (unpaired) electrons. The Hall–Kier alpha value is -2.96. The smallest absolute Gasteiger partial charge is 0.349 e.